The largest absolute Gasteiger partial charge is 0.512 e. The molecular weight excluding hydrogens is 268 g/mol. The molecule has 0 fully saturated rings. The van der Waals surface area contributed by atoms with Crippen molar-refractivity contribution in [1.29, 1.82) is 0 Å². The van der Waals surface area contributed by atoms with Gasteiger partial charge >= 0.3 is 0 Å². The topological polar surface area (TPSA) is 20.2 Å². The van der Waals surface area contributed by atoms with Gasteiger partial charge in [-0.2, -0.15) is 0 Å². The summed E-state index contributed by atoms with van der Waals surface area (Å²) in [6, 6.07) is 0. The maximum Gasteiger partial charge on any atom is 0.0934 e. The van der Waals surface area contributed by atoms with Gasteiger partial charge in [0, 0.05) is 6.42 Å². The standard InChI is InChI=1S/C18H24O.C3H6/c1-5-8-17(15(4)6-2)13-18(19)12-16-10-7-9-14(3)11-16;1-3-2/h1,6,8,11,13,16,19H,7,9-10,12H2,2-4H3;3H,1H2,2H3/b15-6+,17-8+,18-13+;. The zero-order valence-corrected chi connectivity index (χ0v) is 14.5. The molecule has 1 unspecified atom stereocenters. The highest BCUT2D eigenvalue weighted by Crippen LogP contribution is 2.27. The van der Waals surface area contributed by atoms with Crippen molar-refractivity contribution in [3.8, 4) is 12.3 Å². The maximum atomic E-state index is 10.1. The number of aliphatic hydroxyl groups excluding tert-OH is 1. The molecule has 0 heterocycles. The Labute approximate surface area is 136 Å². The summed E-state index contributed by atoms with van der Waals surface area (Å²) < 4.78 is 0. The first-order valence-electron chi connectivity index (χ1n) is 7.91. The molecule has 0 aromatic carbocycles. The van der Waals surface area contributed by atoms with Crippen LogP contribution in [0.3, 0.4) is 0 Å². The highest BCUT2D eigenvalue weighted by Gasteiger charge is 2.13. The van der Waals surface area contributed by atoms with E-state index in [9.17, 15) is 5.11 Å². The Hall–Kier alpha value is -1.94. The number of allylic oxidation sites excluding steroid dienone is 9. The van der Waals surface area contributed by atoms with Crippen LogP contribution in [0, 0.1) is 18.3 Å². The van der Waals surface area contributed by atoms with Gasteiger partial charge in [-0.3, -0.25) is 0 Å². The van der Waals surface area contributed by atoms with Crippen LogP contribution in [0.5, 0.6) is 0 Å². The molecule has 0 aromatic rings. The fourth-order valence-electron chi connectivity index (χ4n) is 2.41. The molecule has 1 rings (SSSR count). The molecule has 0 saturated heterocycles. The van der Waals surface area contributed by atoms with E-state index < -0.39 is 0 Å². The third-order valence-corrected chi connectivity index (χ3v) is 3.59. The van der Waals surface area contributed by atoms with Crippen LogP contribution in [0.2, 0.25) is 0 Å². The number of hydrogen-bond acceptors (Lipinski definition) is 1. The normalized spacial score (nSPS) is 19.5. The average Bonchev–Trinajstić information content (AvgIpc) is 2.46. The Bertz CT molecular complexity index is 507. The Morgan fingerprint density at radius 3 is 2.64 bits per heavy atom. The number of rotatable bonds is 4. The minimum absolute atomic E-state index is 0.415. The van der Waals surface area contributed by atoms with Gasteiger partial charge in [-0.05, 0) is 76.2 Å². The number of hydrogen-bond donors (Lipinski definition) is 1. The number of terminal acetylenes is 1. The van der Waals surface area contributed by atoms with Crippen LogP contribution in [0.1, 0.15) is 53.4 Å². The summed E-state index contributed by atoms with van der Waals surface area (Å²) in [5.41, 5.74) is 3.44. The molecule has 1 atom stereocenters. The first-order valence-corrected chi connectivity index (χ1v) is 7.91. The van der Waals surface area contributed by atoms with Crippen molar-refractivity contribution in [2.75, 3.05) is 0 Å². The summed E-state index contributed by atoms with van der Waals surface area (Å²) >= 11 is 0. The minimum Gasteiger partial charge on any atom is -0.512 e. The van der Waals surface area contributed by atoms with Crippen LogP contribution in [0.15, 0.2) is 59.4 Å². The fourth-order valence-corrected chi connectivity index (χ4v) is 2.41. The Morgan fingerprint density at radius 1 is 1.50 bits per heavy atom. The molecule has 1 aliphatic carbocycles. The van der Waals surface area contributed by atoms with Crippen LogP contribution >= 0.6 is 0 Å². The van der Waals surface area contributed by atoms with E-state index >= 15 is 0 Å². The van der Waals surface area contributed by atoms with Gasteiger partial charge < -0.3 is 5.11 Å². The van der Waals surface area contributed by atoms with Crippen LogP contribution in [-0.4, -0.2) is 5.11 Å². The number of aliphatic hydroxyl groups is 1. The van der Waals surface area contributed by atoms with Crippen LogP contribution in [0.25, 0.3) is 0 Å². The molecule has 0 amide bonds. The van der Waals surface area contributed by atoms with Crippen LogP contribution < -0.4 is 0 Å². The van der Waals surface area contributed by atoms with Crippen molar-refractivity contribution >= 4 is 0 Å². The molecule has 0 saturated carbocycles. The minimum atomic E-state index is 0.415. The second-order valence-corrected chi connectivity index (χ2v) is 5.65. The van der Waals surface area contributed by atoms with E-state index in [0.29, 0.717) is 18.1 Å². The zero-order chi connectivity index (χ0) is 17.0. The summed E-state index contributed by atoms with van der Waals surface area (Å²) in [4.78, 5) is 0. The van der Waals surface area contributed by atoms with Crippen molar-refractivity contribution in [1.82, 2.24) is 0 Å². The third-order valence-electron chi connectivity index (χ3n) is 3.59. The Morgan fingerprint density at radius 2 is 2.14 bits per heavy atom. The maximum absolute atomic E-state index is 10.1. The second-order valence-electron chi connectivity index (χ2n) is 5.65. The van der Waals surface area contributed by atoms with Gasteiger partial charge in [0.25, 0.3) is 0 Å². The molecule has 22 heavy (non-hydrogen) atoms. The molecule has 0 radical (unpaired) electrons. The van der Waals surface area contributed by atoms with E-state index in [4.69, 9.17) is 6.42 Å². The summed E-state index contributed by atoms with van der Waals surface area (Å²) in [5.74, 6) is 3.41. The van der Waals surface area contributed by atoms with Gasteiger partial charge in [0.2, 0.25) is 0 Å². The van der Waals surface area contributed by atoms with Crippen LogP contribution in [-0.2, 0) is 0 Å². The summed E-state index contributed by atoms with van der Waals surface area (Å²) in [6.07, 6.45) is 19.1. The highest BCUT2D eigenvalue weighted by molar-refractivity contribution is 5.42. The zero-order valence-electron chi connectivity index (χ0n) is 14.5. The molecule has 1 nitrogen and oxygen atoms in total. The molecule has 120 valence electrons. The third kappa shape index (κ3) is 8.37. The molecular formula is C21H30O. The van der Waals surface area contributed by atoms with Crippen molar-refractivity contribution in [2.45, 2.75) is 53.4 Å². The van der Waals surface area contributed by atoms with E-state index in [1.54, 1.807) is 18.2 Å². The van der Waals surface area contributed by atoms with Gasteiger partial charge in [-0.15, -0.1) is 13.0 Å². The highest BCUT2D eigenvalue weighted by atomic mass is 16.3. The van der Waals surface area contributed by atoms with Crippen molar-refractivity contribution < 1.29 is 5.11 Å². The average molecular weight is 298 g/mol. The lowest BCUT2D eigenvalue weighted by atomic mass is 9.88. The SMILES string of the molecule is C#C/C=C(\C=C(\O)CC1C=C(C)CCC1)C(/C)=C/C.C=CC. The van der Waals surface area contributed by atoms with E-state index in [-0.39, 0.29) is 0 Å². The molecule has 1 heteroatoms. The molecule has 0 spiro atoms. The summed E-state index contributed by atoms with van der Waals surface area (Å²) in [5, 5.41) is 10.1. The Balaban J connectivity index is 0.00000135. The van der Waals surface area contributed by atoms with Gasteiger partial charge in [-0.1, -0.05) is 29.7 Å². The van der Waals surface area contributed by atoms with Gasteiger partial charge in [0.1, 0.15) is 0 Å². The Kier molecular flexibility index (Phi) is 10.7. The molecule has 0 bridgehead atoms. The second kappa shape index (κ2) is 11.7. The van der Waals surface area contributed by atoms with Gasteiger partial charge in [0.15, 0.2) is 0 Å². The smallest absolute Gasteiger partial charge is 0.0934 e. The predicted octanol–water partition coefficient (Wildman–Crippen LogP) is 6.28. The lowest BCUT2D eigenvalue weighted by Gasteiger charge is -2.19. The fraction of sp³-hybridized carbons (Fsp3) is 0.429. The van der Waals surface area contributed by atoms with E-state index in [1.165, 1.54) is 18.4 Å². The van der Waals surface area contributed by atoms with E-state index in [2.05, 4.69) is 25.5 Å². The first-order chi connectivity index (χ1) is 10.5. The monoisotopic (exact) mass is 298 g/mol. The summed E-state index contributed by atoms with van der Waals surface area (Å²) in [7, 11) is 0. The lowest BCUT2D eigenvalue weighted by molar-refractivity contribution is 0.355. The van der Waals surface area contributed by atoms with Gasteiger partial charge in [0.05, 0.1) is 5.76 Å². The van der Waals surface area contributed by atoms with Crippen LogP contribution in [0.4, 0.5) is 0 Å². The lowest BCUT2D eigenvalue weighted by Crippen LogP contribution is -2.05. The quantitative estimate of drug-likeness (QED) is 0.280. The van der Waals surface area contributed by atoms with Crippen molar-refractivity contribution in [3.63, 3.8) is 0 Å². The van der Waals surface area contributed by atoms with Gasteiger partial charge in [-0.25, -0.2) is 0 Å². The van der Waals surface area contributed by atoms with E-state index in [0.717, 1.165) is 17.6 Å². The van der Waals surface area contributed by atoms with Crippen molar-refractivity contribution in [2.24, 2.45) is 5.92 Å². The van der Waals surface area contributed by atoms with E-state index in [1.807, 2.05) is 26.8 Å². The molecule has 1 N–H and O–H groups in total. The molecule has 0 aliphatic heterocycles. The molecule has 0 aromatic heterocycles. The predicted molar refractivity (Wildman–Crippen MR) is 98.6 cm³/mol. The molecule has 1 aliphatic rings. The van der Waals surface area contributed by atoms with Crippen molar-refractivity contribution in [3.05, 3.63) is 59.4 Å². The first kappa shape index (κ1) is 20.1. The summed E-state index contributed by atoms with van der Waals surface area (Å²) in [6.45, 7) is 11.4.